The number of nitrogens with one attached hydrogen (secondary N) is 1. The molecule has 3 rings (SSSR count). The molecule has 1 fully saturated rings. The normalized spacial score (nSPS) is 18.1. The van der Waals surface area contributed by atoms with E-state index in [4.69, 9.17) is 0 Å². The van der Waals surface area contributed by atoms with Crippen LogP contribution in [0.25, 0.3) is 11.3 Å². The molecule has 1 aromatic heterocycles. The number of hydrogen-bond acceptors (Lipinski definition) is 4. The van der Waals surface area contributed by atoms with Gasteiger partial charge in [-0.3, -0.25) is 19.4 Å². The molecule has 1 heterocycles. The molecule has 2 atom stereocenters. The zero-order valence-electron chi connectivity index (χ0n) is 21.8. The number of ketones is 2. The van der Waals surface area contributed by atoms with E-state index < -0.39 is 37.1 Å². The van der Waals surface area contributed by atoms with Gasteiger partial charge in [0.05, 0.1) is 6.20 Å². The number of aryl methyl sites for hydroxylation is 1. The van der Waals surface area contributed by atoms with Crippen molar-refractivity contribution in [1.29, 1.82) is 0 Å². The van der Waals surface area contributed by atoms with E-state index in [-0.39, 0.29) is 36.0 Å². The Morgan fingerprint density at radius 1 is 1.17 bits per heavy atom. The standard InChI is InChI=1S/C28H32F2N2O3Si/c1-16-10-18(26-21(30)14-20(29)15-31-26)11-17(8-9-36(5,6)7)24(16)25-22(33)12-19(27(25)35)13-23(34)32-28(2,3)4/h10-11,14-15,19,25H,12-13H2,1-7H3,(H,32,34). The maximum atomic E-state index is 14.5. The third-order valence-corrected chi connectivity index (χ3v) is 6.61. The van der Waals surface area contributed by atoms with Crippen LogP contribution in [0.1, 0.15) is 56.2 Å². The molecular weight excluding hydrogens is 478 g/mol. The van der Waals surface area contributed by atoms with Crippen molar-refractivity contribution in [2.45, 2.75) is 71.6 Å². The Bertz CT molecular complexity index is 1300. The van der Waals surface area contributed by atoms with Crippen molar-refractivity contribution in [3.05, 3.63) is 52.7 Å². The van der Waals surface area contributed by atoms with E-state index >= 15 is 0 Å². The Labute approximate surface area is 212 Å². The second kappa shape index (κ2) is 10.1. The topological polar surface area (TPSA) is 76.1 Å². The largest absolute Gasteiger partial charge is 0.351 e. The Morgan fingerprint density at radius 3 is 2.42 bits per heavy atom. The minimum Gasteiger partial charge on any atom is -0.351 e. The third kappa shape index (κ3) is 6.52. The summed E-state index contributed by atoms with van der Waals surface area (Å²) in [7, 11) is -1.85. The number of hydrogen-bond donors (Lipinski definition) is 1. The highest BCUT2D eigenvalue weighted by atomic mass is 28.3. The average molecular weight is 511 g/mol. The van der Waals surface area contributed by atoms with Gasteiger partial charge in [0.25, 0.3) is 0 Å². The summed E-state index contributed by atoms with van der Waals surface area (Å²) < 4.78 is 27.9. The molecule has 1 aliphatic rings. The summed E-state index contributed by atoms with van der Waals surface area (Å²) in [5.41, 5.74) is 4.68. The van der Waals surface area contributed by atoms with Crippen molar-refractivity contribution in [2.75, 3.05) is 0 Å². The van der Waals surface area contributed by atoms with Crippen molar-refractivity contribution in [2.24, 2.45) is 5.92 Å². The molecule has 0 aliphatic heterocycles. The van der Waals surface area contributed by atoms with Crippen LogP contribution in [0.4, 0.5) is 8.78 Å². The number of rotatable bonds is 4. The summed E-state index contributed by atoms with van der Waals surface area (Å²) in [6.07, 6.45) is 0.861. The van der Waals surface area contributed by atoms with Gasteiger partial charge < -0.3 is 5.32 Å². The lowest BCUT2D eigenvalue weighted by Crippen LogP contribution is -2.41. The van der Waals surface area contributed by atoms with Gasteiger partial charge in [0.15, 0.2) is 11.6 Å². The molecule has 2 unspecified atom stereocenters. The van der Waals surface area contributed by atoms with Gasteiger partial charge in [-0.05, 0) is 51.0 Å². The van der Waals surface area contributed by atoms with Gasteiger partial charge in [0, 0.05) is 41.5 Å². The molecule has 8 heteroatoms. The molecule has 1 aromatic carbocycles. The first-order valence-corrected chi connectivity index (χ1v) is 15.4. The fourth-order valence-electron chi connectivity index (χ4n) is 4.33. The zero-order valence-corrected chi connectivity index (χ0v) is 22.8. The average Bonchev–Trinajstić information content (AvgIpc) is 2.97. The molecular formula is C28H32F2N2O3Si. The van der Waals surface area contributed by atoms with E-state index in [1.807, 2.05) is 20.8 Å². The predicted molar refractivity (Wildman–Crippen MR) is 138 cm³/mol. The van der Waals surface area contributed by atoms with Gasteiger partial charge in [0.2, 0.25) is 5.91 Å². The molecule has 0 spiro atoms. The first-order chi connectivity index (χ1) is 16.6. The van der Waals surface area contributed by atoms with Gasteiger partial charge in [0.1, 0.15) is 31.3 Å². The first kappa shape index (κ1) is 27.4. The number of carbonyl (C=O) groups is 3. The van der Waals surface area contributed by atoms with Crippen LogP contribution in [0, 0.1) is 35.9 Å². The van der Waals surface area contributed by atoms with Crippen LogP contribution < -0.4 is 5.32 Å². The van der Waals surface area contributed by atoms with Gasteiger partial charge >= 0.3 is 0 Å². The molecule has 190 valence electrons. The molecule has 0 bridgehead atoms. The van der Waals surface area contributed by atoms with Crippen LogP contribution in [-0.2, 0) is 14.4 Å². The number of nitrogens with zero attached hydrogens (tertiary/aromatic N) is 1. The number of aromatic nitrogens is 1. The molecule has 1 aliphatic carbocycles. The minimum atomic E-state index is -1.85. The first-order valence-electron chi connectivity index (χ1n) is 11.9. The van der Waals surface area contributed by atoms with Gasteiger partial charge in [-0.2, -0.15) is 0 Å². The Hall–Kier alpha value is -3.18. The fourth-order valence-corrected chi connectivity index (χ4v) is 4.84. The number of pyridine rings is 1. The molecule has 0 radical (unpaired) electrons. The number of halogens is 2. The summed E-state index contributed by atoms with van der Waals surface area (Å²) in [4.78, 5) is 42.9. The van der Waals surface area contributed by atoms with E-state index in [1.165, 1.54) is 0 Å². The predicted octanol–water partition coefficient (Wildman–Crippen LogP) is 5.11. The highest BCUT2D eigenvalue weighted by Crippen LogP contribution is 2.39. The maximum absolute atomic E-state index is 14.5. The van der Waals surface area contributed by atoms with Crippen molar-refractivity contribution in [3.8, 4) is 22.7 Å². The molecule has 2 aromatic rings. The lowest BCUT2D eigenvalue weighted by atomic mass is 9.85. The van der Waals surface area contributed by atoms with E-state index in [2.05, 4.69) is 41.4 Å². The second-order valence-electron chi connectivity index (χ2n) is 11.4. The lowest BCUT2D eigenvalue weighted by molar-refractivity contribution is -0.129. The Balaban J connectivity index is 2.08. The van der Waals surface area contributed by atoms with Crippen LogP contribution in [-0.4, -0.2) is 36.1 Å². The van der Waals surface area contributed by atoms with Crippen molar-refractivity contribution in [3.63, 3.8) is 0 Å². The van der Waals surface area contributed by atoms with Crippen LogP contribution in [0.3, 0.4) is 0 Å². The molecule has 0 saturated heterocycles. The van der Waals surface area contributed by atoms with Crippen molar-refractivity contribution >= 4 is 25.5 Å². The number of carbonyl (C=O) groups excluding carboxylic acids is 3. The van der Waals surface area contributed by atoms with Gasteiger partial charge in [-0.25, -0.2) is 8.78 Å². The van der Waals surface area contributed by atoms with E-state index in [0.717, 1.165) is 12.3 Å². The van der Waals surface area contributed by atoms with E-state index in [0.29, 0.717) is 22.3 Å². The minimum absolute atomic E-state index is 0.0166. The Morgan fingerprint density at radius 2 is 1.83 bits per heavy atom. The maximum Gasteiger partial charge on any atom is 0.221 e. The van der Waals surface area contributed by atoms with Crippen LogP contribution in [0.2, 0.25) is 19.6 Å². The Kier molecular flexibility index (Phi) is 7.65. The summed E-state index contributed by atoms with van der Waals surface area (Å²) >= 11 is 0. The number of Topliss-reactive ketones (excluding diaryl/α,β-unsaturated/α-hetero) is 2. The molecule has 5 nitrogen and oxygen atoms in total. The van der Waals surface area contributed by atoms with Crippen LogP contribution in [0.15, 0.2) is 24.4 Å². The van der Waals surface area contributed by atoms with Crippen LogP contribution in [0.5, 0.6) is 0 Å². The van der Waals surface area contributed by atoms with Crippen molar-refractivity contribution < 1.29 is 23.2 Å². The monoisotopic (exact) mass is 510 g/mol. The summed E-state index contributed by atoms with van der Waals surface area (Å²) in [6, 6.07) is 4.01. The van der Waals surface area contributed by atoms with Crippen LogP contribution >= 0.6 is 0 Å². The van der Waals surface area contributed by atoms with E-state index in [1.54, 1.807) is 19.1 Å². The fraction of sp³-hybridized carbons (Fsp3) is 0.429. The molecule has 1 saturated carbocycles. The zero-order chi connectivity index (χ0) is 27.0. The third-order valence-electron chi connectivity index (χ3n) is 5.73. The number of benzene rings is 1. The SMILES string of the molecule is Cc1cc(-c2ncc(F)cc2F)cc(C#C[Si](C)(C)C)c1C1C(=O)CC(CC(=O)NC(C)(C)C)C1=O. The summed E-state index contributed by atoms with van der Waals surface area (Å²) in [6.45, 7) is 13.5. The van der Waals surface area contributed by atoms with Gasteiger partial charge in [-0.1, -0.05) is 25.6 Å². The smallest absolute Gasteiger partial charge is 0.221 e. The second-order valence-corrected chi connectivity index (χ2v) is 16.2. The lowest BCUT2D eigenvalue weighted by Gasteiger charge is -2.21. The molecule has 1 amide bonds. The number of amides is 1. The summed E-state index contributed by atoms with van der Waals surface area (Å²) in [5, 5.41) is 2.84. The molecule has 36 heavy (non-hydrogen) atoms. The van der Waals surface area contributed by atoms with E-state index in [9.17, 15) is 23.2 Å². The van der Waals surface area contributed by atoms with Gasteiger partial charge in [-0.15, -0.1) is 5.54 Å². The molecule has 1 N–H and O–H groups in total. The quantitative estimate of drug-likeness (QED) is 0.352. The van der Waals surface area contributed by atoms with Crippen molar-refractivity contribution in [1.82, 2.24) is 10.3 Å². The highest BCUT2D eigenvalue weighted by molar-refractivity contribution is 6.83. The summed E-state index contributed by atoms with van der Waals surface area (Å²) in [5.74, 6) is -1.05. The highest BCUT2D eigenvalue weighted by Gasteiger charge is 2.44.